The van der Waals surface area contributed by atoms with Gasteiger partial charge in [-0.15, -0.1) is 0 Å². The molecule has 1 amide bonds. The Morgan fingerprint density at radius 1 is 1.17 bits per heavy atom. The average Bonchev–Trinajstić information content (AvgIpc) is 3.10. The minimum Gasteiger partial charge on any atom is -0.448 e. The van der Waals surface area contributed by atoms with E-state index in [-0.39, 0.29) is 22.8 Å². The topological polar surface area (TPSA) is 77.1 Å². The van der Waals surface area contributed by atoms with Crippen molar-refractivity contribution >= 4 is 45.4 Å². The number of aromatic nitrogens is 2. The van der Waals surface area contributed by atoms with Crippen molar-refractivity contribution in [2.45, 2.75) is 38.9 Å². The zero-order chi connectivity index (χ0) is 21.3. The number of amides is 1. The van der Waals surface area contributed by atoms with Crippen LogP contribution in [0.4, 0.5) is 5.69 Å². The molecule has 0 radical (unpaired) electrons. The summed E-state index contributed by atoms with van der Waals surface area (Å²) in [6.07, 6.45) is 0.774. The minimum atomic E-state index is -0.213. The lowest BCUT2D eigenvalue weighted by molar-refractivity contribution is -0.113. The molecule has 0 bridgehead atoms. The normalized spacial score (nSPS) is 11.3. The molecule has 0 saturated heterocycles. The monoisotopic (exact) mass is 421 g/mol. The maximum Gasteiger partial charge on any atom is 0.297 e. The largest absolute Gasteiger partial charge is 0.448 e. The third kappa shape index (κ3) is 3.85. The van der Waals surface area contributed by atoms with Crippen LogP contribution in [0.3, 0.4) is 0 Å². The Morgan fingerprint density at radius 3 is 2.73 bits per heavy atom. The number of anilines is 1. The number of fused-ring (bicyclic) bond motifs is 3. The standard InChI is InChI=1S/C23H23N3O3S/c1-4-11-26-22(28)21-20(17-7-5-6-8-18(17)29-21)25-23(26)30-13-19(27)24-16-10-9-14(2)15(3)12-16/h5-10,12H,4,11,13H2,1-3H3,(H,24,27). The number of benzene rings is 2. The fourth-order valence-corrected chi connectivity index (χ4v) is 4.15. The fourth-order valence-electron chi connectivity index (χ4n) is 3.33. The SMILES string of the molecule is CCCn1c(SCC(=O)Nc2ccc(C)c(C)c2)nc2c(oc3ccccc32)c1=O. The number of aryl methyl sites for hydroxylation is 2. The number of nitrogens with zero attached hydrogens (tertiary/aromatic N) is 2. The van der Waals surface area contributed by atoms with E-state index in [9.17, 15) is 9.59 Å². The van der Waals surface area contributed by atoms with Crippen LogP contribution in [0.1, 0.15) is 24.5 Å². The average molecular weight is 422 g/mol. The number of para-hydroxylation sites is 1. The number of rotatable bonds is 6. The number of carbonyl (C=O) groups is 1. The van der Waals surface area contributed by atoms with Gasteiger partial charge in [0.2, 0.25) is 11.5 Å². The van der Waals surface area contributed by atoms with E-state index in [2.05, 4.69) is 5.32 Å². The number of nitrogens with one attached hydrogen (secondary N) is 1. The van der Waals surface area contributed by atoms with E-state index in [1.54, 1.807) is 4.57 Å². The predicted octanol–water partition coefficient (Wildman–Crippen LogP) is 4.90. The van der Waals surface area contributed by atoms with Crippen LogP contribution in [-0.4, -0.2) is 21.2 Å². The van der Waals surface area contributed by atoms with Gasteiger partial charge in [0.15, 0.2) is 5.16 Å². The summed E-state index contributed by atoms with van der Waals surface area (Å²) in [7, 11) is 0. The van der Waals surface area contributed by atoms with Crippen molar-refractivity contribution in [3.63, 3.8) is 0 Å². The molecule has 0 unspecified atom stereocenters. The van der Waals surface area contributed by atoms with E-state index in [1.807, 2.05) is 63.2 Å². The van der Waals surface area contributed by atoms with Gasteiger partial charge in [-0.1, -0.05) is 36.9 Å². The quantitative estimate of drug-likeness (QED) is 0.354. The lowest BCUT2D eigenvalue weighted by atomic mass is 10.1. The molecule has 0 aliphatic rings. The minimum absolute atomic E-state index is 0.141. The summed E-state index contributed by atoms with van der Waals surface area (Å²) in [6.45, 7) is 6.55. The Morgan fingerprint density at radius 2 is 1.97 bits per heavy atom. The Hall–Kier alpha value is -3.06. The van der Waals surface area contributed by atoms with Gasteiger partial charge in [-0.25, -0.2) is 4.98 Å². The second-order valence-corrected chi connectivity index (χ2v) is 8.21. The molecule has 7 heteroatoms. The van der Waals surface area contributed by atoms with E-state index < -0.39 is 0 Å². The van der Waals surface area contributed by atoms with Crippen LogP contribution in [0, 0.1) is 13.8 Å². The maximum atomic E-state index is 13.0. The van der Waals surface area contributed by atoms with Crippen LogP contribution in [0.5, 0.6) is 0 Å². The first-order chi connectivity index (χ1) is 14.5. The highest BCUT2D eigenvalue weighted by Crippen LogP contribution is 2.27. The molecular weight excluding hydrogens is 398 g/mol. The summed E-state index contributed by atoms with van der Waals surface area (Å²) in [5.41, 5.74) is 4.28. The van der Waals surface area contributed by atoms with Crippen molar-refractivity contribution in [2.24, 2.45) is 0 Å². The smallest absolute Gasteiger partial charge is 0.297 e. The van der Waals surface area contributed by atoms with E-state index in [0.29, 0.717) is 22.8 Å². The summed E-state index contributed by atoms with van der Waals surface area (Å²) in [6, 6.07) is 13.3. The van der Waals surface area contributed by atoms with Crippen molar-refractivity contribution in [3.8, 4) is 0 Å². The Bertz CT molecular complexity index is 1310. The maximum absolute atomic E-state index is 13.0. The molecular formula is C23H23N3O3S. The molecule has 1 N–H and O–H groups in total. The molecule has 0 spiro atoms. The van der Waals surface area contributed by atoms with Crippen LogP contribution in [0.2, 0.25) is 0 Å². The highest BCUT2D eigenvalue weighted by molar-refractivity contribution is 7.99. The molecule has 6 nitrogen and oxygen atoms in total. The number of furan rings is 1. The van der Waals surface area contributed by atoms with E-state index in [4.69, 9.17) is 9.40 Å². The van der Waals surface area contributed by atoms with Gasteiger partial charge in [0.1, 0.15) is 11.1 Å². The zero-order valence-electron chi connectivity index (χ0n) is 17.2. The van der Waals surface area contributed by atoms with E-state index >= 15 is 0 Å². The predicted molar refractivity (Wildman–Crippen MR) is 121 cm³/mol. The second-order valence-electron chi connectivity index (χ2n) is 7.26. The van der Waals surface area contributed by atoms with Gasteiger partial charge < -0.3 is 9.73 Å². The fraction of sp³-hybridized carbons (Fsp3) is 0.261. The van der Waals surface area contributed by atoms with E-state index in [1.165, 1.54) is 17.3 Å². The molecule has 4 rings (SSSR count). The first-order valence-electron chi connectivity index (χ1n) is 9.90. The highest BCUT2D eigenvalue weighted by atomic mass is 32.2. The molecule has 0 aliphatic heterocycles. The molecule has 2 aromatic heterocycles. The molecule has 0 fully saturated rings. The lowest BCUT2D eigenvalue weighted by Gasteiger charge is -2.11. The first-order valence-corrected chi connectivity index (χ1v) is 10.9. The van der Waals surface area contributed by atoms with Crippen molar-refractivity contribution in [3.05, 3.63) is 63.9 Å². The molecule has 30 heavy (non-hydrogen) atoms. The Kier molecular flexibility index (Phi) is 5.63. The van der Waals surface area contributed by atoms with Gasteiger partial charge in [0.05, 0.1) is 5.75 Å². The lowest BCUT2D eigenvalue weighted by Crippen LogP contribution is -2.23. The van der Waals surface area contributed by atoms with Crippen LogP contribution in [-0.2, 0) is 11.3 Å². The van der Waals surface area contributed by atoms with Gasteiger partial charge in [-0.05, 0) is 55.7 Å². The zero-order valence-corrected chi connectivity index (χ0v) is 18.0. The second kappa shape index (κ2) is 8.36. The van der Waals surface area contributed by atoms with Gasteiger partial charge in [-0.2, -0.15) is 0 Å². The van der Waals surface area contributed by atoms with Gasteiger partial charge in [-0.3, -0.25) is 14.2 Å². The van der Waals surface area contributed by atoms with Gasteiger partial charge in [0, 0.05) is 17.6 Å². The summed E-state index contributed by atoms with van der Waals surface area (Å²) in [4.78, 5) is 30.2. The van der Waals surface area contributed by atoms with Crippen LogP contribution in [0.15, 0.2) is 56.8 Å². The molecule has 2 aromatic carbocycles. The number of carbonyl (C=O) groups excluding carboxylic acids is 1. The third-order valence-electron chi connectivity index (χ3n) is 5.02. The summed E-state index contributed by atoms with van der Waals surface area (Å²) >= 11 is 1.26. The number of thioether (sulfide) groups is 1. The summed E-state index contributed by atoms with van der Waals surface area (Å²) < 4.78 is 7.36. The van der Waals surface area contributed by atoms with Gasteiger partial charge >= 0.3 is 0 Å². The van der Waals surface area contributed by atoms with Crippen molar-refractivity contribution in [1.29, 1.82) is 0 Å². The summed E-state index contributed by atoms with van der Waals surface area (Å²) in [5.74, 6) is 0.0161. The van der Waals surface area contributed by atoms with Crippen LogP contribution >= 0.6 is 11.8 Å². The molecule has 0 atom stereocenters. The third-order valence-corrected chi connectivity index (χ3v) is 5.99. The molecule has 0 saturated carbocycles. The van der Waals surface area contributed by atoms with Gasteiger partial charge in [0.25, 0.3) is 5.56 Å². The first kappa shape index (κ1) is 20.2. The highest BCUT2D eigenvalue weighted by Gasteiger charge is 2.18. The Balaban J connectivity index is 1.63. The van der Waals surface area contributed by atoms with Crippen molar-refractivity contribution < 1.29 is 9.21 Å². The van der Waals surface area contributed by atoms with Crippen molar-refractivity contribution in [1.82, 2.24) is 9.55 Å². The molecule has 0 aliphatic carbocycles. The van der Waals surface area contributed by atoms with E-state index in [0.717, 1.165) is 23.1 Å². The van der Waals surface area contributed by atoms with Crippen molar-refractivity contribution in [2.75, 3.05) is 11.1 Å². The van der Waals surface area contributed by atoms with Crippen LogP contribution in [0.25, 0.3) is 22.1 Å². The summed E-state index contributed by atoms with van der Waals surface area (Å²) in [5, 5.41) is 4.24. The Labute approximate surface area is 178 Å². The molecule has 154 valence electrons. The van der Waals surface area contributed by atoms with Crippen LogP contribution < -0.4 is 10.9 Å². The number of hydrogen-bond donors (Lipinski definition) is 1. The molecule has 4 aromatic rings. The molecule has 2 heterocycles. The number of hydrogen-bond acceptors (Lipinski definition) is 5.